The van der Waals surface area contributed by atoms with Crippen molar-refractivity contribution in [3.05, 3.63) is 52.6 Å². The average molecular weight is 266 g/mol. The van der Waals surface area contributed by atoms with Gasteiger partial charge in [-0.05, 0) is 0 Å². The molecule has 0 rings (SSSR count). The van der Waals surface area contributed by atoms with Gasteiger partial charge in [0.15, 0.2) is 0 Å². The van der Waals surface area contributed by atoms with Gasteiger partial charge in [0, 0.05) is 0 Å². The maximum atomic E-state index is 9.90. The summed E-state index contributed by atoms with van der Waals surface area (Å²) in [5, 5.41) is 0. The standard InChI is InChI=1S/C4H9O.4C2H4.H2O.O.Ti/c1-2-3-4-5;4*1-2;;;/h2-4H2,1H3;4*1-2H2;1H2;;/q-1;;;;;;;+2/p-1. The predicted molar refractivity (Wildman–Crippen MR) is 68.8 cm³/mol. The van der Waals surface area contributed by atoms with Crippen LogP contribution in [0.4, 0.5) is 0 Å². The van der Waals surface area contributed by atoms with Crippen molar-refractivity contribution in [2.75, 3.05) is 6.61 Å². The molecule has 0 spiro atoms. The summed E-state index contributed by atoms with van der Waals surface area (Å²) in [6.45, 7) is 26.4. The molecule has 1 N–H and O–H groups in total. The van der Waals surface area contributed by atoms with Crippen LogP contribution >= 0.6 is 0 Å². The zero-order valence-corrected chi connectivity index (χ0v) is 12.1. The van der Waals surface area contributed by atoms with Crippen molar-refractivity contribution in [1.82, 2.24) is 0 Å². The molecule has 0 radical (unpaired) electrons. The molecule has 0 saturated heterocycles. The summed E-state index contributed by atoms with van der Waals surface area (Å²) in [4.78, 5) is 0. The van der Waals surface area contributed by atoms with Crippen LogP contribution in [0.25, 0.3) is 0 Å². The van der Waals surface area contributed by atoms with Gasteiger partial charge in [-0.25, -0.2) is 0 Å². The van der Waals surface area contributed by atoms with Gasteiger partial charge in [-0.1, -0.05) is 0 Å². The fraction of sp³-hybridized carbons (Fsp3) is 0.333. The zero-order valence-electron chi connectivity index (χ0n) is 10.5. The Morgan fingerprint density at radius 1 is 1.00 bits per heavy atom. The van der Waals surface area contributed by atoms with E-state index >= 15 is 0 Å². The molecule has 3 nitrogen and oxygen atoms in total. The van der Waals surface area contributed by atoms with Gasteiger partial charge in [0.1, 0.15) is 0 Å². The van der Waals surface area contributed by atoms with Crippen molar-refractivity contribution in [3.8, 4) is 0 Å². The van der Waals surface area contributed by atoms with Crippen LogP contribution in [0.5, 0.6) is 0 Å². The van der Waals surface area contributed by atoms with Crippen molar-refractivity contribution >= 4 is 0 Å². The van der Waals surface area contributed by atoms with E-state index in [0.717, 1.165) is 12.8 Å². The molecule has 0 atom stereocenters. The number of rotatable bonds is 4. The first-order valence-electron chi connectivity index (χ1n) is 4.63. The molecule has 0 amide bonds. The molecule has 0 aromatic carbocycles. The quantitative estimate of drug-likeness (QED) is 0.478. The van der Waals surface area contributed by atoms with E-state index in [1.807, 2.05) is 6.92 Å². The van der Waals surface area contributed by atoms with Crippen LogP contribution in [0.15, 0.2) is 52.6 Å². The van der Waals surface area contributed by atoms with Crippen molar-refractivity contribution in [2.45, 2.75) is 19.8 Å². The third-order valence-electron chi connectivity index (χ3n) is 0.723. The molecule has 0 fully saturated rings. The van der Waals surface area contributed by atoms with E-state index < -0.39 is 18.6 Å². The molecule has 0 heterocycles. The van der Waals surface area contributed by atoms with E-state index in [4.69, 9.17) is 3.69 Å². The van der Waals surface area contributed by atoms with Crippen LogP contribution < -0.4 is 0 Å². The molecule has 0 aromatic rings. The van der Waals surface area contributed by atoms with Crippen LogP contribution in [0.1, 0.15) is 19.8 Å². The van der Waals surface area contributed by atoms with Crippen molar-refractivity contribution in [1.29, 1.82) is 0 Å². The summed E-state index contributed by atoms with van der Waals surface area (Å²) < 4.78 is 22.5. The molecule has 96 valence electrons. The topological polar surface area (TPSA) is 46.5 Å². The summed E-state index contributed by atoms with van der Waals surface area (Å²) in [6.07, 6.45) is 1.88. The van der Waals surface area contributed by atoms with Gasteiger partial charge in [0.25, 0.3) is 0 Å². The van der Waals surface area contributed by atoms with Crippen LogP contribution in [0.2, 0.25) is 0 Å². The first-order chi connectivity index (χ1) is 7.77. The van der Waals surface area contributed by atoms with Gasteiger partial charge in [-0.15, -0.1) is 52.6 Å². The van der Waals surface area contributed by atoms with Crippen LogP contribution in [-0.2, 0) is 25.3 Å². The second kappa shape index (κ2) is 63.2. The Labute approximate surface area is 108 Å². The summed E-state index contributed by atoms with van der Waals surface area (Å²) in [5.41, 5.74) is 0. The molecule has 4 heteroatoms. The first kappa shape index (κ1) is 29.5. The minimum atomic E-state index is -3.17. The molecule has 0 bridgehead atoms. The van der Waals surface area contributed by atoms with Crippen molar-refractivity contribution in [3.63, 3.8) is 0 Å². The fourth-order valence-electron chi connectivity index (χ4n) is 0.304. The Hall–Kier alpha value is -0.606. The summed E-state index contributed by atoms with van der Waals surface area (Å²) in [6, 6.07) is 0. The monoisotopic (exact) mass is 266 g/mol. The minimum absolute atomic E-state index is 0.436. The molecule has 0 aliphatic heterocycles. The van der Waals surface area contributed by atoms with Crippen molar-refractivity contribution in [2.24, 2.45) is 0 Å². The normalized spacial score (nSPS) is 5.62. The van der Waals surface area contributed by atoms with E-state index in [0.29, 0.717) is 6.61 Å². The van der Waals surface area contributed by atoms with Gasteiger partial charge in [0.05, 0.1) is 0 Å². The van der Waals surface area contributed by atoms with E-state index in [-0.39, 0.29) is 0 Å². The molecular weight excluding hydrogens is 240 g/mol. The van der Waals surface area contributed by atoms with Crippen molar-refractivity contribution < 1.29 is 28.9 Å². The molecular formula is C12H26O3Ti. The summed E-state index contributed by atoms with van der Waals surface area (Å²) in [5.74, 6) is 0. The third kappa shape index (κ3) is 107. The van der Waals surface area contributed by atoms with Crippen LogP contribution in [0.3, 0.4) is 0 Å². The second-order valence-corrected chi connectivity index (χ2v) is 2.75. The maximum absolute atomic E-state index is 9.90. The predicted octanol–water partition coefficient (Wildman–Crippen LogP) is 3.80. The average Bonchev–Trinajstić information content (AvgIpc) is 2.39. The Kier molecular flexibility index (Phi) is 117. The van der Waals surface area contributed by atoms with Gasteiger partial charge < -0.3 is 0 Å². The van der Waals surface area contributed by atoms with E-state index in [9.17, 15) is 3.32 Å². The number of hydrogen-bond acceptors (Lipinski definition) is 2. The molecule has 16 heavy (non-hydrogen) atoms. The van der Waals surface area contributed by atoms with E-state index in [1.165, 1.54) is 0 Å². The fourth-order valence-corrected chi connectivity index (χ4v) is 0.802. The molecule has 0 aromatic heterocycles. The molecule has 0 saturated carbocycles. The van der Waals surface area contributed by atoms with Gasteiger partial charge >= 0.3 is 55.3 Å². The Bertz CT molecular complexity index is 111. The Morgan fingerprint density at radius 2 is 1.31 bits per heavy atom. The number of hydrogen-bond donors (Lipinski definition) is 1. The number of unbranched alkanes of at least 4 members (excludes halogenated alkanes) is 1. The second-order valence-electron chi connectivity index (χ2n) is 1.47. The summed E-state index contributed by atoms with van der Waals surface area (Å²) in [7, 11) is 0. The van der Waals surface area contributed by atoms with Gasteiger partial charge in [-0.2, -0.15) is 0 Å². The molecule has 0 aliphatic rings. The van der Waals surface area contributed by atoms with Crippen LogP contribution in [0, 0.1) is 0 Å². The molecule has 0 aliphatic carbocycles. The van der Waals surface area contributed by atoms with E-state index in [2.05, 4.69) is 55.9 Å². The SMILES string of the molecule is C=C.C=C.C=C.C=C.CCCC[O][Ti](=[O])[OH]. The van der Waals surface area contributed by atoms with Gasteiger partial charge in [-0.3, -0.25) is 0 Å². The summed E-state index contributed by atoms with van der Waals surface area (Å²) >= 11 is -3.17. The zero-order chi connectivity index (χ0) is 14.4. The Morgan fingerprint density at radius 3 is 1.50 bits per heavy atom. The van der Waals surface area contributed by atoms with Crippen LogP contribution in [-0.4, -0.2) is 10.3 Å². The van der Waals surface area contributed by atoms with E-state index in [1.54, 1.807) is 0 Å². The first-order valence-corrected chi connectivity index (χ1v) is 6.60. The Balaban J connectivity index is -0.0000000426. The molecule has 0 unspecified atom stereocenters. The third-order valence-corrected chi connectivity index (χ3v) is 1.43. The van der Waals surface area contributed by atoms with Gasteiger partial charge in [0.2, 0.25) is 0 Å².